The first-order chi connectivity index (χ1) is 16.1. The van der Waals surface area contributed by atoms with Gasteiger partial charge in [-0.3, -0.25) is 9.59 Å². The first-order valence-corrected chi connectivity index (χ1v) is 10.3. The van der Waals surface area contributed by atoms with Crippen molar-refractivity contribution >= 4 is 17.5 Å². The normalized spacial score (nSPS) is 11.4. The van der Waals surface area contributed by atoms with Gasteiger partial charge in [0.15, 0.2) is 6.61 Å². The van der Waals surface area contributed by atoms with E-state index in [2.05, 4.69) is 26.2 Å². The minimum atomic E-state index is -0.390. The maximum absolute atomic E-state index is 12.8. The van der Waals surface area contributed by atoms with E-state index in [1.165, 1.54) is 11.0 Å². The van der Waals surface area contributed by atoms with Crippen molar-refractivity contribution in [2.24, 2.45) is 0 Å². The second-order valence-electron chi connectivity index (χ2n) is 7.24. The number of hydrogen-bond acceptors (Lipinski definition) is 6. The summed E-state index contributed by atoms with van der Waals surface area (Å²) in [7, 11) is 0. The molecule has 1 heterocycles. The summed E-state index contributed by atoms with van der Waals surface area (Å²) in [6.07, 6.45) is 1.46. The van der Waals surface area contributed by atoms with Gasteiger partial charge in [0.25, 0.3) is 11.8 Å². The van der Waals surface area contributed by atoms with Crippen LogP contribution in [0.2, 0.25) is 0 Å². The monoisotopic (exact) mass is 442 g/mol. The number of benzene rings is 3. The van der Waals surface area contributed by atoms with Crippen molar-refractivity contribution in [1.29, 1.82) is 0 Å². The van der Waals surface area contributed by atoms with E-state index in [1.54, 1.807) is 42.5 Å². The summed E-state index contributed by atoms with van der Waals surface area (Å²) in [5.74, 6) is -0.183. The minimum absolute atomic E-state index is 0.182. The Kier molecular flexibility index (Phi) is 6.70. The van der Waals surface area contributed by atoms with Gasteiger partial charge >= 0.3 is 0 Å². The van der Waals surface area contributed by atoms with Gasteiger partial charge < -0.3 is 15.4 Å². The number of aromatic nitrogens is 4. The van der Waals surface area contributed by atoms with E-state index >= 15 is 0 Å². The van der Waals surface area contributed by atoms with Crippen LogP contribution in [0.1, 0.15) is 28.9 Å². The number of nitrogens with zero attached hydrogens (tertiary/aromatic N) is 4. The Labute approximate surface area is 190 Å². The van der Waals surface area contributed by atoms with Crippen LogP contribution in [0.3, 0.4) is 0 Å². The molecule has 0 aliphatic heterocycles. The lowest BCUT2D eigenvalue weighted by molar-refractivity contribution is -0.118. The minimum Gasteiger partial charge on any atom is -0.484 e. The van der Waals surface area contributed by atoms with E-state index < -0.39 is 0 Å². The van der Waals surface area contributed by atoms with Crippen LogP contribution in [0.25, 0.3) is 5.69 Å². The van der Waals surface area contributed by atoms with Crippen molar-refractivity contribution < 1.29 is 14.3 Å². The quantitative estimate of drug-likeness (QED) is 0.434. The number of ether oxygens (including phenoxy) is 1. The number of tetrazole rings is 1. The summed E-state index contributed by atoms with van der Waals surface area (Å²) in [6.45, 7) is 1.68. The van der Waals surface area contributed by atoms with Gasteiger partial charge in [0.05, 0.1) is 23.0 Å². The average molecular weight is 442 g/mol. The van der Waals surface area contributed by atoms with Crippen molar-refractivity contribution in [1.82, 2.24) is 25.5 Å². The molecule has 0 unspecified atom stereocenters. The summed E-state index contributed by atoms with van der Waals surface area (Å²) in [5, 5.41) is 16.7. The molecular weight excluding hydrogens is 420 g/mol. The molecule has 0 fully saturated rings. The Morgan fingerprint density at radius 3 is 2.58 bits per heavy atom. The Balaban J connectivity index is 1.38. The van der Waals surface area contributed by atoms with E-state index in [-0.39, 0.29) is 24.5 Å². The predicted molar refractivity (Wildman–Crippen MR) is 122 cm³/mol. The second-order valence-corrected chi connectivity index (χ2v) is 7.24. The molecule has 2 N–H and O–H groups in total. The molecular formula is C24H22N6O3. The van der Waals surface area contributed by atoms with Gasteiger partial charge in [0, 0.05) is 6.07 Å². The molecule has 3 aromatic carbocycles. The Morgan fingerprint density at radius 2 is 1.79 bits per heavy atom. The third-order valence-electron chi connectivity index (χ3n) is 4.89. The summed E-state index contributed by atoms with van der Waals surface area (Å²) < 4.78 is 7.09. The number of nitrogens with one attached hydrogen (secondary N) is 2. The summed E-state index contributed by atoms with van der Waals surface area (Å²) in [5.41, 5.74) is 2.47. The van der Waals surface area contributed by atoms with Gasteiger partial charge in [-0.1, -0.05) is 48.5 Å². The summed E-state index contributed by atoms with van der Waals surface area (Å²) >= 11 is 0. The molecule has 1 aromatic heterocycles. The molecule has 0 saturated carbocycles. The molecule has 0 aliphatic rings. The fourth-order valence-corrected chi connectivity index (χ4v) is 3.22. The Bertz CT molecular complexity index is 1230. The molecule has 0 saturated heterocycles. The highest BCUT2D eigenvalue weighted by Gasteiger charge is 2.16. The first kappa shape index (κ1) is 21.7. The highest BCUT2D eigenvalue weighted by Crippen LogP contribution is 2.19. The standard InChI is InChI=1S/C24H22N6O3/c1-17(18-8-3-2-4-9-18)26-24(32)21-12-5-6-13-22(21)27-23(31)15-33-20-11-7-10-19(14-20)30-16-25-28-29-30/h2-14,16-17H,15H2,1H3,(H,26,32)(H,27,31)/t17-/m1/s1. The van der Waals surface area contributed by atoms with E-state index in [9.17, 15) is 9.59 Å². The van der Waals surface area contributed by atoms with Crippen molar-refractivity contribution in [3.05, 3.63) is 96.3 Å². The first-order valence-electron chi connectivity index (χ1n) is 10.3. The molecule has 33 heavy (non-hydrogen) atoms. The van der Waals surface area contributed by atoms with Gasteiger partial charge in [0.1, 0.15) is 12.1 Å². The molecule has 4 aromatic rings. The molecule has 0 radical (unpaired) electrons. The van der Waals surface area contributed by atoms with Crippen molar-refractivity contribution in [3.63, 3.8) is 0 Å². The fourth-order valence-electron chi connectivity index (χ4n) is 3.22. The Morgan fingerprint density at radius 1 is 1.00 bits per heavy atom. The largest absolute Gasteiger partial charge is 0.484 e. The zero-order chi connectivity index (χ0) is 23.0. The molecule has 4 rings (SSSR count). The van der Waals surface area contributed by atoms with Gasteiger partial charge in [-0.2, -0.15) is 0 Å². The molecule has 9 nitrogen and oxygen atoms in total. The molecule has 9 heteroatoms. The topological polar surface area (TPSA) is 111 Å². The lowest BCUT2D eigenvalue weighted by atomic mass is 10.1. The van der Waals surface area contributed by atoms with Crippen LogP contribution in [-0.2, 0) is 4.79 Å². The average Bonchev–Trinajstić information content (AvgIpc) is 3.39. The van der Waals surface area contributed by atoms with Crippen LogP contribution in [0.4, 0.5) is 5.69 Å². The van der Waals surface area contributed by atoms with Gasteiger partial charge in [-0.25, -0.2) is 4.68 Å². The van der Waals surface area contributed by atoms with Gasteiger partial charge in [-0.15, -0.1) is 5.10 Å². The molecule has 0 bridgehead atoms. The summed E-state index contributed by atoms with van der Waals surface area (Å²) in [4.78, 5) is 25.4. The van der Waals surface area contributed by atoms with Gasteiger partial charge in [-0.05, 0) is 47.2 Å². The predicted octanol–water partition coefficient (Wildman–Crippen LogP) is 3.17. The maximum atomic E-state index is 12.8. The van der Waals surface area contributed by atoms with Crippen LogP contribution in [0.5, 0.6) is 5.75 Å². The highest BCUT2D eigenvalue weighted by atomic mass is 16.5. The maximum Gasteiger partial charge on any atom is 0.262 e. The van der Waals surface area contributed by atoms with E-state index in [0.717, 1.165) is 5.56 Å². The van der Waals surface area contributed by atoms with Crippen molar-refractivity contribution in [2.75, 3.05) is 11.9 Å². The zero-order valence-corrected chi connectivity index (χ0v) is 17.9. The zero-order valence-electron chi connectivity index (χ0n) is 17.9. The molecule has 0 spiro atoms. The SMILES string of the molecule is C[C@@H](NC(=O)c1ccccc1NC(=O)COc1cccc(-n2cnnn2)c1)c1ccccc1. The number of para-hydroxylation sites is 1. The summed E-state index contributed by atoms with van der Waals surface area (Å²) in [6, 6.07) is 23.4. The van der Waals surface area contributed by atoms with Crippen LogP contribution < -0.4 is 15.4 Å². The highest BCUT2D eigenvalue weighted by molar-refractivity contribution is 6.04. The van der Waals surface area contributed by atoms with Gasteiger partial charge in [0.2, 0.25) is 0 Å². The van der Waals surface area contributed by atoms with Crippen LogP contribution in [0, 0.1) is 0 Å². The third kappa shape index (κ3) is 5.59. The van der Waals surface area contributed by atoms with E-state index in [4.69, 9.17) is 4.74 Å². The molecule has 1 atom stereocenters. The van der Waals surface area contributed by atoms with E-state index in [0.29, 0.717) is 22.7 Å². The lowest BCUT2D eigenvalue weighted by Gasteiger charge is -2.16. The van der Waals surface area contributed by atoms with Crippen LogP contribution in [0.15, 0.2) is 85.2 Å². The fraction of sp³-hybridized carbons (Fsp3) is 0.125. The van der Waals surface area contributed by atoms with Crippen molar-refractivity contribution in [2.45, 2.75) is 13.0 Å². The number of anilines is 1. The smallest absolute Gasteiger partial charge is 0.262 e. The number of carbonyl (C=O) groups excluding carboxylic acids is 2. The van der Waals surface area contributed by atoms with Crippen molar-refractivity contribution in [3.8, 4) is 11.4 Å². The molecule has 0 aliphatic carbocycles. The van der Waals surface area contributed by atoms with E-state index in [1.807, 2.05) is 43.3 Å². The molecule has 2 amide bonds. The molecule has 166 valence electrons. The van der Waals surface area contributed by atoms with Crippen LogP contribution >= 0.6 is 0 Å². The third-order valence-corrected chi connectivity index (χ3v) is 4.89. The second kappa shape index (κ2) is 10.2. The number of rotatable bonds is 8. The van der Waals surface area contributed by atoms with Crippen LogP contribution in [-0.4, -0.2) is 38.6 Å². The Hall–Kier alpha value is -4.53. The lowest BCUT2D eigenvalue weighted by Crippen LogP contribution is -2.28. The number of carbonyl (C=O) groups is 2. The number of hydrogen-bond donors (Lipinski definition) is 2. The number of amides is 2.